The van der Waals surface area contributed by atoms with Crippen molar-refractivity contribution >= 4 is 5.97 Å². The molecule has 0 amide bonds. The molecule has 0 bridgehead atoms. The second-order valence-electron chi connectivity index (χ2n) is 8.17. The van der Waals surface area contributed by atoms with Crippen molar-refractivity contribution in [2.24, 2.45) is 5.92 Å². The third kappa shape index (κ3) is 4.25. The van der Waals surface area contributed by atoms with E-state index in [1.165, 1.54) is 7.11 Å². The first-order valence-electron chi connectivity index (χ1n) is 7.82. The van der Waals surface area contributed by atoms with E-state index in [0.29, 0.717) is 12.2 Å². The standard InChI is InChI=1S/C19H30O3/c1-12(17(21)22-8)9-13-10-14(18(2,3)4)16(20)15(11-13)19(5,6)7/h10-12,20H,9H2,1-8H3. The van der Waals surface area contributed by atoms with Gasteiger partial charge in [-0.15, -0.1) is 0 Å². The van der Waals surface area contributed by atoms with Gasteiger partial charge < -0.3 is 9.84 Å². The van der Waals surface area contributed by atoms with E-state index in [0.717, 1.165) is 16.7 Å². The van der Waals surface area contributed by atoms with Gasteiger partial charge in [-0.05, 0) is 33.9 Å². The lowest BCUT2D eigenvalue weighted by Gasteiger charge is -2.28. The first-order valence-corrected chi connectivity index (χ1v) is 7.82. The molecule has 0 aromatic heterocycles. The Morgan fingerprint density at radius 1 is 1.09 bits per heavy atom. The normalized spacial score (nSPS) is 13.8. The number of hydrogen-bond donors (Lipinski definition) is 1. The highest BCUT2D eigenvalue weighted by molar-refractivity contribution is 5.72. The van der Waals surface area contributed by atoms with E-state index < -0.39 is 0 Å². The molecule has 3 nitrogen and oxygen atoms in total. The lowest BCUT2D eigenvalue weighted by Crippen LogP contribution is -2.20. The van der Waals surface area contributed by atoms with Crippen LogP contribution in [-0.2, 0) is 26.8 Å². The summed E-state index contributed by atoms with van der Waals surface area (Å²) in [6.45, 7) is 14.4. The molecule has 3 heteroatoms. The summed E-state index contributed by atoms with van der Waals surface area (Å²) in [7, 11) is 1.41. The van der Waals surface area contributed by atoms with Crippen molar-refractivity contribution in [1.82, 2.24) is 0 Å². The van der Waals surface area contributed by atoms with Gasteiger partial charge in [0.05, 0.1) is 13.0 Å². The summed E-state index contributed by atoms with van der Waals surface area (Å²) in [6, 6.07) is 4.04. The first-order chi connectivity index (χ1) is 9.87. The van der Waals surface area contributed by atoms with Crippen LogP contribution in [0.5, 0.6) is 5.75 Å². The molecule has 124 valence electrons. The van der Waals surface area contributed by atoms with Crippen LogP contribution in [0.15, 0.2) is 12.1 Å². The van der Waals surface area contributed by atoms with Gasteiger partial charge in [-0.3, -0.25) is 4.79 Å². The van der Waals surface area contributed by atoms with Gasteiger partial charge >= 0.3 is 5.97 Å². The SMILES string of the molecule is COC(=O)C(C)Cc1cc(C(C)(C)C)c(O)c(C(C)(C)C)c1. The third-order valence-corrected chi connectivity index (χ3v) is 3.93. The number of aromatic hydroxyl groups is 1. The predicted molar refractivity (Wildman–Crippen MR) is 90.4 cm³/mol. The van der Waals surface area contributed by atoms with Gasteiger partial charge in [0.25, 0.3) is 0 Å². The smallest absolute Gasteiger partial charge is 0.308 e. The Labute approximate surface area is 134 Å². The molecule has 0 aliphatic heterocycles. The van der Waals surface area contributed by atoms with E-state index in [1.54, 1.807) is 0 Å². The Bertz CT molecular complexity index is 510. The highest BCUT2D eigenvalue weighted by Crippen LogP contribution is 2.40. The maximum atomic E-state index is 11.7. The van der Waals surface area contributed by atoms with Crippen molar-refractivity contribution in [2.75, 3.05) is 7.11 Å². The summed E-state index contributed by atoms with van der Waals surface area (Å²) in [6.07, 6.45) is 0.610. The van der Waals surface area contributed by atoms with Crippen molar-refractivity contribution < 1.29 is 14.6 Å². The maximum Gasteiger partial charge on any atom is 0.308 e. The second kappa shape index (κ2) is 6.31. The number of carbonyl (C=O) groups excluding carboxylic acids is 1. The van der Waals surface area contributed by atoms with Crippen molar-refractivity contribution in [2.45, 2.75) is 65.7 Å². The number of rotatable bonds is 3. The van der Waals surface area contributed by atoms with Gasteiger partial charge in [0, 0.05) is 0 Å². The molecule has 0 saturated carbocycles. The number of hydrogen-bond acceptors (Lipinski definition) is 3. The highest BCUT2D eigenvalue weighted by Gasteiger charge is 2.27. The molecule has 1 rings (SSSR count). The molecule has 0 saturated heterocycles. The number of phenols is 1. The van der Waals surface area contributed by atoms with Gasteiger partial charge in [-0.25, -0.2) is 0 Å². The predicted octanol–water partition coefficient (Wildman–Crippen LogP) is 4.34. The van der Waals surface area contributed by atoms with Crippen LogP contribution in [0.2, 0.25) is 0 Å². The fourth-order valence-corrected chi connectivity index (χ4v) is 2.59. The average Bonchev–Trinajstić information content (AvgIpc) is 2.36. The minimum atomic E-state index is -0.206. The van der Waals surface area contributed by atoms with Crippen molar-refractivity contribution in [3.05, 3.63) is 28.8 Å². The van der Waals surface area contributed by atoms with E-state index in [2.05, 4.69) is 41.5 Å². The average molecular weight is 306 g/mol. The summed E-state index contributed by atoms with van der Waals surface area (Å²) < 4.78 is 4.81. The largest absolute Gasteiger partial charge is 0.507 e. The fourth-order valence-electron chi connectivity index (χ4n) is 2.59. The van der Waals surface area contributed by atoms with Gasteiger partial charge in [-0.2, -0.15) is 0 Å². The highest BCUT2D eigenvalue weighted by atomic mass is 16.5. The molecule has 1 atom stereocenters. The number of benzene rings is 1. The molecule has 1 N–H and O–H groups in total. The van der Waals surface area contributed by atoms with Crippen molar-refractivity contribution in [3.8, 4) is 5.75 Å². The van der Waals surface area contributed by atoms with Crippen LogP contribution in [0.25, 0.3) is 0 Å². The molecule has 0 radical (unpaired) electrons. The topological polar surface area (TPSA) is 46.5 Å². The van der Waals surface area contributed by atoms with Gasteiger partial charge in [0.1, 0.15) is 5.75 Å². The van der Waals surface area contributed by atoms with Gasteiger partial charge in [0.15, 0.2) is 0 Å². The molecule has 1 unspecified atom stereocenters. The van der Waals surface area contributed by atoms with E-state index in [9.17, 15) is 9.90 Å². The maximum absolute atomic E-state index is 11.7. The van der Waals surface area contributed by atoms with E-state index in [-0.39, 0.29) is 22.7 Å². The summed E-state index contributed by atoms with van der Waals surface area (Å²) in [5.41, 5.74) is 2.59. The number of ether oxygens (including phenoxy) is 1. The number of carbonyl (C=O) groups is 1. The van der Waals surface area contributed by atoms with Crippen molar-refractivity contribution in [1.29, 1.82) is 0 Å². The Kier molecular flexibility index (Phi) is 5.32. The molecule has 22 heavy (non-hydrogen) atoms. The first kappa shape index (κ1) is 18.5. The summed E-state index contributed by atoms with van der Waals surface area (Å²) in [5, 5.41) is 10.7. The van der Waals surface area contributed by atoms with Crippen LogP contribution in [0, 0.1) is 5.92 Å². The summed E-state index contributed by atoms with van der Waals surface area (Å²) in [5.74, 6) is -0.0349. The molecule has 0 heterocycles. The second-order valence-corrected chi connectivity index (χ2v) is 8.17. The molecular formula is C19H30O3. The summed E-state index contributed by atoms with van der Waals surface area (Å²) >= 11 is 0. The van der Waals surface area contributed by atoms with Crippen LogP contribution in [0.3, 0.4) is 0 Å². The minimum Gasteiger partial charge on any atom is -0.507 e. The van der Waals surface area contributed by atoms with Gasteiger partial charge in [-0.1, -0.05) is 60.6 Å². The third-order valence-electron chi connectivity index (χ3n) is 3.93. The van der Waals surface area contributed by atoms with Gasteiger partial charge in [0.2, 0.25) is 0 Å². The zero-order valence-electron chi connectivity index (χ0n) is 15.2. The minimum absolute atomic E-state index is 0.158. The molecule has 0 fully saturated rings. The quantitative estimate of drug-likeness (QED) is 0.845. The zero-order chi connectivity index (χ0) is 17.3. The number of methoxy groups -OCH3 is 1. The van der Waals surface area contributed by atoms with Crippen LogP contribution in [-0.4, -0.2) is 18.2 Å². The van der Waals surface area contributed by atoms with Crippen LogP contribution in [0.4, 0.5) is 0 Å². The Balaban J connectivity index is 3.39. The van der Waals surface area contributed by atoms with Crippen LogP contribution >= 0.6 is 0 Å². The Morgan fingerprint density at radius 2 is 1.50 bits per heavy atom. The molecule has 0 aliphatic carbocycles. The molecule has 1 aromatic carbocycles. The molecule has 1 aromatic rings. The van der Waals surface area contributed by atoms with E-state index in [4.69, 9.17) is 4.74 Å². The molecule has 0 aliphatic rings. The number of esters is 1. The lowest BCUT2D eigenvalue weighted by atomic mass is 9.77. The zero-order valence-corrected chi connectivity index (χ0v) is 15.2. The number of phenolic OH excluding ortho intramolecular Hbond substituents is 1. The molecule has 0 spiro atoms. The summed E-state index contributed by atoms with van der Waals surface area (Å²) in [4.78, 5) is 11.7. The fraction of sp³-hybridized carbons (Fsp3) is 0.632. The monoisotopic (exact) mass is 306 g/mol. The lowest BCUT2D eigenvalue weighted by molar-refractivity contribution is -0.144. The Hall–Kier alpha value is -1.51. The van der Waals surface area contributed by atoms with E-state index >= 15 is 0 Å². The van der Waals surface area contributed by atoms with Crippen LogP contribution in [0.1, 0.15) is 65.2 Å². The van der Waals surface area contributed by atoms with E-state index in [1.807, 2.05) is 19.1 Å². The van der Waals surface area contributed by atoms with Crippen molar-refractivity contribution in [3.63, 3.8) is 0 Å². The van der Waals surface area contributed by atoms with Crippen LogP contribution < -0.4 is 0 Å². The molecular weight excluding hydrogens is 276 g/mol. The Morgan fingerprint density at radius 3 is 1.82 bits per heavy atom.